The first-order chi connectivity index (χ1) is 8.10. The molecule has 17 heavy (non-hydrogen) atoms. The second-order valence-corrected chi connectivity index (χ2v) is 4.03. The highest BCUT2D eigenvalue weighted by atomic mass is 16.5. The molecule has 2 N–H and O–H groups in total. The Bertz CT molecular complexity index is 531. The van der Waals surface area contributed by atoms with E-state index in [0.29, 0.717) is 12.3 Å². The molecule has 0 spiro atoms. The molecule has 4 heteroatoms. The molecule has 90 valence electrons. The molecule has 0 aliphatic carbocycles. The first-order valence-corrected chi connectivity index (χ1v) is 5.67. The van der Waals surface area contributed by atoms with Crippen molar-refractivity contribution in [1.29, 1.82) is 0 Å². The smallest absolute Gasteiger partial charge is 0.123 e. The maximum absolute atomic E-state index is 5.86. The summed E-state index contributed by atoms with van der Waals surface area (Å²) in [6.45, 7) is 6.56. The van der Waals surface area contributed by atoms with E-state index >= 15 is 0 Å². The molecule has 0 unspecified atom stereocenters. The van der Waals surface area contributed by atoms with Crippen molar-refractivity contribution in [3.05, 3.63) is 35.7 Å². The van der Waals surface area contributed by atoms with E-state index in [1.165, 1.54) is 0 Å². The van der Waals surface area contributed by atoms with E-state index in [1.807, 2.05) is 49.7 Å². The summed E-state index contributed by atoms with van der Waals surface area (Å²) >= 11 is 0. The van der Waals surface area contributed by atoms with Gasteiger partial charge in [0.15, 0.2) is 0 Å². The van der Waals surface area contributed by atoms with Crippen molar-refractivity contribution in [2.24, 2.45) is 0 Å². The number of hydrogen-bond acceptors (Lipinski definition) is 3. The van der Waals surface area contributed by atoms with Crippen molar-refractivity contribution >= 4 is 5.69 Å². The fourth-order valence-electron chi connectivity index (χ4n) is 1.87. The average Bonchev–Trinajstić information content (AvgIpc) is 2.57. The minimum absolute atomic E-state index is 0.625. The van der Waals surface area contributed by atoms with Crippen molar-refractivity contribution in [2.45, 2.75) is 20.8 Å². The van der Waals surface area contributed by atoms with E-state index in [-0.39, 0.29) is 0 Å². The van der Waals surface area contributed by atoms with Crippen molar-refractivity contribution in [3.63, 3.8) is 0 Å². The second kappa shape index (κ2) is 4.49. The van der Waals surface area contributed by atoms with Crippen LogP contribution in [0.25, 0.3) is 5.69 Å². The Hall–Kier alpha value is -1.97. The summed E-state index contributed by atoms with van der Waals surface area (Å²) < 4.78 is 7.34. The predicted octanol–water partition coefficient (Wildman–Crippen LogP) is 2.47. The van der Waals surface area contributed by atoms with Gasteiger partial charge >= 0.3 is 0 Å². The molecule has 2 rings (SSSR count). The molecule has 1 aromatic heterocycles. The third kappa shape index (κ3) is 2.41. The molecule has 2 aromatic rings. The Morgan fingerprint density at radius 1 is 1.24 bits per heavy atom. The summed E-state index contributed by atoms with van der Waals surface area (Å²) in [5.41, 5.74) is 9.54. The molecule has 0 fully saturated rings. The van der Waals surface area contributed by atoms with Crippen LogP contribution in [0.15, 0.2) is 24.3 Å². The lowest BCUT2D eigenvalue weighted by atomic mass is 10.2. The van der Waals surface area contributed by atoms with Crippen molar-refractivity contribution in [2.75, 3.05) is 12.3 Å². The van der Waals surface area contributed by atoms with Gasteiger partial charge in [0.1, 0.15) is 5.75 Å². The molecule has 0 aliphatic heterocycles. The van der Waals surface area contributed by atoms with E-state index in [4.69, 9.17) is 10.5 Å². The fourth-order valence-corrected chi connectivity index (χ4v) is 1.87. The molecular formula is C13H17N3O. The third-order valence-electron chi connectivity index (χ3n) is 2.48. The van der Waals surface area contributed by atoms with E-state index in [1.54, 1.807) is 0 Å². The van der Waals surface area contributed by atoms with E-state index in [9.17, 15) is 0 Å². The van der Waals surface area contributed by atoms with Crippen molar-refractivity contribution < 1.29 is 4.74 Å². The van der Waals surface area contributed by atoms with Gasteiger partial charge in [-0.15, -0.1) is 0 Å². The van der Waals surface area contributed by atoms with Crippen LogP contribution in [0.1, 0.15) is 18.3 Å². The summed E-state index contributed by atoms with van der Waals surface area (Å²) in [6, 6.07) is 7.68. The number of benzene rings is 1. The molecule has 1 heterocycles. The zero-order valence-electron chi connectivity index (χ0n) is 10.4. The van der Waals surface area contributed by atoms with E-state index < -0.39 is 0 Å². The second-order valence-electron chi connectivity index (χ2n) is 4.03. The average molecular weight is 231 g/mol. The highest BCUT2D eigenvalue weighted by Crippen LogP contribution is 2.22. The van der Waals surface area contributed by atoms with Crippen LogP contribution in [0, 0.1) is 13.8 Å². The van der Waals surface area contributed by atoms with Gasteiger partial charge in [0, 0.05) is 23.5 Å². The number of nitrogen functional groups attached to an aromatic ring is 1. The van der Waals surface area contributed by atoms with Gasteiger partial charge in [-0.2, -0.15) is 5.10 Å². The molecule has 0 saturated heterocycles. The summed E-state index contributed by atoms with van der Waals surface area (Å²) in [6.07, 6.45) is 0. The molecule has 0 bridgehead atoms. The Morgan fingerprint density at radius 3 is 2.59 bits per heavy atom. The predicted molar refractivity (Wildman–Crippen MR) is 68.6 cm³/mol. The number of hydrogen-bond donors (Lipinski definition) is 1. The topological polar surface area (TPSA) is 53.1 Å². The Kier molecular flexibility index (Phi) is 3.04. The van der Waals surface area contributed by atoms with Crippen LogP contribution < -0.4 is 10.5 Å². The van der Waals surface area contributed by atoms with Crippen LogP contribution in [-0.4, -0.2) is 16.4 Å². The highest BCUT2D eigenvalue weighted by molar-refractivity contribution is 5.53. The number of ether oxygens (including phenoxy) is 1. The summed E-state index contributed by atoms with van der Waals surface area (Å²) in [5, 5.41) is 4.43. The number of nitrogens with two attached hydrogens (primary N) is 1. The van der Waals surface area contributed by atoms with Gasteiger partial charge in [-0.3, -0.25) is 0 Å². The van der Waals surface area contributed by atoms with Crippen LogP contribution in [0.3, 0.4) is 0 Å². The maximum atomic E-state index is 5.86. The number of nitrogens with zero attached hydrogens (tertiary/aromatic N) is 2. The maximum Gasteiger partial charge on any atom is 0.123 e. The first-order valence-electron chi connectivity index (χ1n) is 5.67. The number of aryl methyl sites for hydroxylation is 2. The van der Waals surface area contributed by atoms with Gasteiger partial charge in [0.05, 0.1) is 18.0 Å². The normalized spacial score (nSPS) is 10.5. The molecule has 4 nitrogen and oxygen atoms in total. The van der Waals surface area contributed by atoms with Crippen molar-refractivity contribution in [1.82, 2.24) is 9.78 Å². The Balaban J connectivity index is 2.48. The monoisotopic (exact) mass is 231 g/mol. The minimum Gasteiger partial charge on any atom is -0.494 e. The highest BCUT2D eigenvalue weighted by Gasteiger charge is 2.06. The van der Waals surface area contributed by atoms with Crippen LogP contribution >= 0.6 is 0 Å². The first kappa shape index (κ1) is 11.5. The van der Waals surface area contributed by atoms with Gasteiger partial charge < -0.3 is 10.5 Å². The van der Waals surface area contributed by atoms with Gasteiger partial charge in [0.2, 0.25) is 0 Å². The van der Waals surface area contributed by atoms with Crippen LogP contribution in [0.5, 0.6) is 5.75 Å². The Morgan fingerprint density at radius 2 is 2.00 bits per heavy atom. The number of anilines is 1. The van der Waals surface area contributed by atoms with Gasteiger partial charge in [-0.1, -0.05) is 0 Å². The van der Waals surface area contributed by atoms with Crippen LogP contribution in [0.4, 0.5) is 5.69 Å². The van der Waals surface area contributed by atoms with Crippen molar-refractivity contribution in [3.8, 4) is 11.4 Å². The lowest BCUT2D eigenvalue weighted by Crippen LogP contribution is -2.02. The van der Waals surface area contributed by atoms with Gasteiger partial charge in [-0.05, 0) is 32.9 Å². The zero-order chi connectivity index (χ0) is 12.4. The zero-order valence-corrected chi connectivity index (χ0v) is 10.4. The fraction of sp³-hybridized carbons (Fsp3) is 0.308. The molecule has 0 saturated carbocycles. The molecule has 0 aliphatic rings. The summed E-state index contributed by atoms with van der Waals surface area (Å²) in [4.78, 5) is 0. The number of rotatable bonds is 3. The SMILES string of the molecule is CCOc1cc(N)cc(-n2nc(C)cc2C)c1. The Labute approximate surface area is 101 Å². The largest absolute Gasteiger partial charge is 0.494 e. The minimum atomic E-state index is 0.625. The third-order valence-corrected chi connectivity index (χ3v) is 2.48. The quantitative estimate of drug-likeness (QED) is 0.825. The molecule has 1 aromatic carbocycles. The molecule has 0 atom stereocenters. The van der Waals surface area contributed by atoms with E-state index in [0.717, 1.165) is 22.8 Å². The lowest BCUT2D eigenvalue weighted by Gasteiger charge is -2.09. The molecule has 0 amide bonds. The lowest BCUT2D eigenvalue weighted by molar-refractivity contribution is 0.340. The number of aromatic nitrogens is 2. The molecule has 0 radical (unpaired) electrons. The van der Waals surface area contributed by atoms with Gasteiger partial charge in [0.25, 0.3) is 0 Å². The summed E-state index contributed by atoms with van der Waals surface area (Å²) in [7, 11) is 0. The standard InChI is InChI=1S/C13H17N3O/c1-4-17-13-7-11(14)6-12(8-13)16-10(3)5-9(2)15-16/h5-8H,4,14H2,1-3H3. The van der Waals surface area contributed by atoms with Crippen LogP contribution in [-0.2, 0) is 0 Å². The van der Waals surface area contributed by atoms with Gasteiger partial charge in [-0.25, -0.2) is 4.68 Å². The van der Waals surface area contributed by atoms with Crippen LogP contribution in [0.2, 0.25) is 0 Å². The summed E-state index contributed by atoms with van der Waals surface area (Å²) in [5.74, 6) is 0.773. The molecular weight excluding hydrogens is 214 g/mol. The van der Waals surface area contributed by atoms with E-state index in [2.05, 4.69) is 5.10 Å².